The summed E-state index contributed by atoms with van der Waals surface area (Å²) in [5.74, 6) is 0.0855. The van der Waals surface area contributed by atoms with Crippen LogP contribution in [0.25, 0.3) is 0 Å². The van der Waals surface area contributed by atoms with Crippen LogP contribution in [0.4, 0.5) is 0 Å². The van der Waals surface area contributed by atoms with Crippen molar-refractivity contribution in [2.24, 2.45) is 0 Å². The average Bonchev–Trinajstić information content (AvgIpc) is 2.72. The fourth-order valence-corrected chi connectivity index (χ4v) is 1.83. The van der Waals surface area contributed by atoms with Crippen molar-refractivity contribution in [2.45, 2.75) is 6.42 Å². The molecule has 0 aliphatic rings. The van der Waals surface area contributed by atoms with E-state index >= 15 is 0 Å². The number of nitrogens with zero attached hydrogens (tertiary/aromatic N) is 2. The van der Waals surface area contributed by atoms with Crippen molar-refractivity contribution in [1.29, 1.82) is 0 Å². The molecule has 0 spiro atoms. The largest absolute Gasteiger partial charge is 0.294 e. The van der Waals surface area contributed by atoms with Crippen LogP contribution in [0.5, 0.6) is 0 Å². The molecule has 70 valence electrons. The molecule has 0 bridgehead atoms. The second-order valence-corrected chi connectivity index (χ2v) is 3.84. The van der Waals surface area contributed by atoms with Crippen molar-refractivity contribution in [3.63, 3.8) is 0 Å². The fourth-order valence-electron chi connectivity index (χ4n) is 1.13. The van der Waals surface area contributed by atoms with Crippen LogP contribution >= 0.6 is 11.3 Å². The van der Waals surface area contributed by atoms with Gasteiger partial charge in [0, 0.05) is 16.9 Å². The van der Waals surface area contributed by atoms with E-state index in [2.05, 4.69) is 10.2 Å². The summed E-state index contributed by atoms with van der Waals surface area (Å²) in [6, 6.07) is 5.58. The molecule has 4 heteroatoms. The molecule has 0 fully saturated rings. The first-order chi connectivity index (χ1) is 6.86. The summed E-state index contributed by atoms with van der Waals surface area (Å²) in [5.41, 5.74) is 0.619. The zero-order valence-corrected chi connectivity index (χ0v) is 8.20. The number of carbonyl (C=O) groups excluding carboxylic acids is 1. The number of ketones is 1. The van der Waals surface area contributed by atoms with Crippen LogP contribution in [0.1, 0.15) is 15.2 Å². The Morgan fingerprint density at radius 3 is 2.93 bits per heavy atom. The molecule has 14 heavy (non-hydrogen) atoms. The number of hydrogen-bond donors (Lipinski definition) is 0. The monoisotopic (exact) mass is 204 g/mol. The summed E-state index contributed by atoms with van der Waals surface area (Å²) >= 11 is 1.59. The summed E-state index contributed by atoms with van der Waals surface area (Å²) in [4.78, 5) is 12.7. The molecular weight excluding hydrogens is 196 g/mol. The topological polar surface area (TPSA) is 42.9 Å². The van der Waals surface area contributed by atoms with Crippen LogP contribution in [-0.2, 0) is 6.42 Å². The van der Waals surface area contributed by atoms with Gasteiger partial charge in [0.1, 0.15) is 0 Å². The smallest absolute Gasteiger partial charge is 0.169 e. The molecule has 0 saturated carbocycles. The van der Waals surface area contributed by atoms with Gasteiger partial charge in [-0.25, -0.2) is 0 Å². The number of thiophene rings is 1. The minimum Gasteiger partial charge on any atom is -0.294 e. The van der Waals surface area contributed by atoms with E-state index in [1.807, 2.05) is 17.5 Å². The molecule has 2 heterocycles. The van der Waals surface area contributed by atoms with E-state index in [0.29, 0.717) is 12.0 Å². The Morgan fingerprint density at radius 2 is 2.29 bits per heavy atom. The van der Waals surface area contributed by atoms with Gasteiger partial charge in [-0.05, 0) is 17.5 Å². The Morgan fingerprint density at radius 1 is 1.36 bits per heavy atom. The lowest BCUT2D eigenvalue weighted by molar-refractivity contribution is 0.0993. The van der Waals surface area contributed by atoms with Crippen LogP contribution < -0.4 is 0 Å². The molecule has 0 N–H and O–H groups in total. The molecular formula is C10H8N2OS. The lowest BCUT2D eigenvalue weighted by Crippen LogP contribution is -2.02. The van der Waals surface area contributed by atoms with Crippen LogP contribution in [0.3, 0.4) is 0 Å². The number of hydrogen-bond acceptors (Lipinski definition) is 4. The molecule has 0 saturated heterocycles. The molecule has 2 aromatic heterocycles. The molecule has 0 atom stereocenters. The van der Waals surface area contributed by atoms with Gasteiger partial charge in [0.15, 0.2) is 5.78 Å². The predicted molar refractivity (Wildman–Crippen MR) is 54.4 cm³/mol. The van der Waals surface area contributed by atoms with E-state index in [9.17, 15) is 4.79 Å². The van der Waals surface area contributed by atoms with E-state index in [1.165, 1.54) is 12.4 Å². The lowest BCUT2D eigenvalue weighted by atomic mass is 10.1. The molecule has 2 aromatic rings. The summed E-state index contributed by atoms with van der Waals surface area (Å²) < 4.78 is 0. The molecule has 0 aliphatic carbocycles. The molecule has 3 nitrogen and oxygen atoms in total. The van der Waals surface area contributed by atoms with Crippen molar-refractivity contribution < 1.29 is 4.79 Å². The Labute approximate surface area is 85.4 Å². The second kappa shape index (κ2) is 4.11. The van der Waals surface area contributed by atoms with Gasteiger partial charge in [0.25, 0.3) is 0 Å². The first-order valence-electron chi connectivity index (χ1n) is 4.18. The third-order valence-corrected chi connectivity index (χ3v) is 2.70. The van der Waals surface area contributed by atoms with Gasteiger partial charge in [0.2, 0.25) is 0 Å². The normalized spacial score (nSPS) is 10.0. The number of carbonyl (C=O) groups is 1. The molecule has 0 unspecified atom stereocenters. The average molecular weight is 204 g/mol. The van der Waals surface area contributed by atoms with E-state index in [1.54, 1.807) is 17.4 Å². The highest BCUT2D eigenvalue weighted by atomic mass is 32.1. The SMILES string of the molecule is O=C(Cc1cccs1)c1ccnnc1. The van der Waals surface area contributed by atoms with Crippen LogP contribution in [0, 0.1) is 0 Å². The van der Waals surface area contributed by atoms with Crippen molar-refractivity contribution in [1.82, 2.24) is 10.2 Å². The van der Waals surface area contributed by atoms with Crippen LogP contribution in [0.15, 0.2) is 36.0 Å². The molecule has 0 amide bonds. The Kier molecular flexibility index (Phi) is 2.65. The molecule has 0 aliphatic heterocycles. The van der Waals surface area contributed by atoms with E-state index in [-0.39, 0.29) is 5.78 Å². The van der Waals surface area contributed by atoms with Gasteiger partial charge < -0.3 is 0 Å². The lowest BCUT2D eigenvalue weighted by Gasteiger charge is -1.96. The third-order valence-electron chi connectivity index (χ3n) is 1.82. The summed E-state index contributed by atoms with van der Waals surface area (Å²) in [5, 5.41) is 9.26. The third kappa shape index (κ3) is 2.03. The maximum Gasteiger partial charge on any atom is 0.169 e. The Bertz CT molecular complexity index is 411. The molecule has 0 aromatic carbocycles. The van der Waals surface area contributed by atoms with Crippen molar-refractivity contribution in [3.8, 4) is 0 Å². The van der Waals surface area contributed by atoms with Gasteiger partial charge >= 0.3 is 0 Å². The van der Waals surface area contributed by atoms with Crippen LogP contribution in [0.2, 0.25) is 0 Å². The van der Waals surface area contributed by atoms with E-state index in [4.69, 9.17) is 0 Å². The number of rotatable bonds is 3. The van der Waals surface area contributed by atoms with Crippen molar-refractivity contribution in [2.75, 3.05) is 0 Å². The number of Topliss-reactive ketones (excluding diaryl/α,β-unsaturated/α-hetero) is 1. The summed E-state index contributed by atoms with van der Waals surface area (Å²) in [6.07, 6.45) is 3.47. The highest BCUT2D eigenvalue weighted by molar-refractivity contribution is 7.10. The highest BCUT2D eigenvalue weighted by Crippen LogP contribution is 2.11. The van der Waals surface area contributed by atoms with Crippen molar-refractivity contribution >= 4 is 17.1 Å². The van der Waals surface area contributed by atoms with Gasteiger partial charge in [-0.3, -0.25) is 4.79 Å². The highest BCUT2D eigenvalue weighted by Gasteiger charge is 2.07. The van der Waals surface area contributed by atoms with Gasteiger partial charge in [-0.15, -0.1) is 11.3 Å². The molecule has 0 radical (unpaired) electrons. The van der Waals surface area contributed by atoms with Gasteiger partial charge in [-0.1, -0.05) is 6.07 Å². The maximum atomic E-state index is 11.7. The first kappa shape index (κ1) is 9.02. The summed E-state index contributed by atoms with van der Waals surface area (Å²) in [6.45, 7) is 0. The zero-order chi connectivity index (χ0) is 9.80. The minimum absolute atomic E-state index is 0.0855. The number of aromatic nitrogens is 2. The Hall–Kier alpha value is -1.55. The van der Waals surface area contributed by atoms with Gasteiger partial charge in [0.05, 0.1) is 12.4 Å². The quantitative estimate of drug-likeness (QED) is 0.718. The fraction of sp³-hybridized carbons (Fsp3) is 0.100. The predicted octanol–water partition coefficient (Wildman–Crippen LogP) is 1.96. The standard InChI is InChI=1S/C10H8N2OS/c13-10(6-9-2-1-5-14-9)8-3-4-11-12-7-8/h1-5,7H,6H2. The zero-order valence-electron chi connectivity index (χ0n) is 7.38. The molecule has 2 rings (SSSR count). The Balaban J connectivity index is 2.11. The second-order valence-electron chi connectivity index (χ2n) is 2.81. The minimum atomic E-state index is 0.0855. The maximum absolute atomic E-state index is 11.7. The van der Waals surface area contributed by atoms with Crippen molar-refractivity contribution in [3.05, 3.63) is 46.4 Å². The van der Waals surface area contributed by atoms with E-state index in [0.717, 1.165) is 4.88 Å². The van der Waals surface area contributed by atoms with Gasteiger partial charge in [-0.2, -0.15) is 10.2 Å². The van der Waals surface area contributed by atoms with E-state index < -0.39 is 0 Å². The first-order valence-corrected chi connectivity index (χ1v) is 5.06. The summed E-state index contributed by atoms with van der Waals surface area (Å²) in [7, 11) is 0. The van der Waals surface area contributed by atoms with Crippen LogP contribution in [-0.4, -0.2) is 16.0 Å².